The summed E-state index contributed by atoms with van der Waals surface area (Å²) >= 11 is 4.84. The molecule has 3 nitrogen and oxygen atoms in total. The fourth-order valence-electron chi connectivity index (χ4n) is 1.72. The smallest absolute Gasteiger partial charge is 0.222 e. The Bertz CT molecular complexity index is 434. The van der Waals surface area contributed by atoms with Gasteiger partial charge in [-0.05, 0) is 24.1 Å². The Morgan fingerprint density at radius 3 is 2.47 bits per heavy atom. The van der Waals surface area contributed by atoms with Crippen molar-refractivity contribution in [2.45, 2.75) is 32.7 Å². The van der Waals surface area contributed by atoms with Crippen molar-refractivity contribution in [3.8, 4) is 0 Å². The number of benzene rings is 1. The lowest BCUT2D eigenvalue weighted by Crippen LogP contribution is -2.33. The van der Waals surface area contributed by atoms with Crippen molar-refractivity contribution < 1.29 is 9.18 Å². The summed E-state index contributed by atoms with van der Waals surface area (Å²) in [4.78, 5) is 14.1. The van der Waals surface area contributed by atoms with Gasteiger partial charge in [-0.25, -0.2) is 4.39 Å². The van der Waals surface area contributed by atoms with Crippen molar-refractivity contribution in [2.75, 3.05) is 6.54 Å². The van der Waals surface area contributed by atoms with E-state index in [1.807, 2.05) is 6.92 Å². The number of halogens is 1. The predicted octanol–water partition coefficient (Wildman–Crippen LogP) is 2.63. The number of carbonyl (C=O) groups is 1. The van der Waals surface area contributed by atoms with Gasteiger partial charge in [-0.1, -0.05) is 31.3 Å². The van der Waals surface area contributed by atoms with Crippen molar-refractivity contribution >= 4 is 23.1 Å². The van der Waals surface area contributed by atoms with Gasteiger partial charge < -0.3 is 10.6 Å². The van der Waals surface area contributed by atoms with Crippen molar-refractivity contribution in [3.63, 3.8) is 0 Å². The first-order valence-corrected chi connectivity index (χ1v) is 6.74. The fraction of sp³-hybridized carbons (Fsp3) is 0.429. The summed E-state index contributed by atoms with van der Waals surface area (Å²) in [6.45, 7) is 2.93. The molecule has 0 radical (unpaired) electrons. The Labute approximate surface area is 118 Å². The van der Waals surface area contributed by atoms with Crippen molar-refractivity contribution in [3.05, 3.63) is 35.6 Å². The van der Waals surface area contributed by atoms with E-state index in [4.69, 9.17) is 18.0 Å². The molecule has 0 bridgehead atoms. The lowest BCUT2D eigenvalue weighted by molar-refractivity contribution is -0.131. The van der Waals surface area contributed by atoms with E-state index in [1.54, 1.807) is 17.0 Å². The third kappa shape index (κ3) is 5.79. The number of thiocarbonyl (C=S) groups is 1. The molecule has 0 atom stereocenters. The second kappa shape index (κ2) is 7.84. The molecule has 0 aliphatic heterocycles. The zero-order valence-corrected chi connectivity index (χ0v) is 11.9. The van der Waals surface area contributed by atoms with Crippen LogP contribution >= 0.6 is 12.2 Å². The number of hydrogen-bond donors (Lipinski definition) is 1. The molecule has 0 saturated carbocycles. The molecule has 0 aliphatic rings. The van der Waals surface area contributed by atoms with Crippen LogP contribution in [0, 0.1) is 5.82 Å². The first-order chi connectivity index (χ1) is 9.02. The monoisotopic (exact) mass is 282 g/mol. The quantitative estimate of drug-likeness (QED) is 0.782. The van der Waals surface area contributed by atoms with Crippen LogP contribution in [0.3, 0.4) is 0 Å². The molecule has 1 aromatic carbocycles. The third-order valence-corrected chi connectivity index (χ3v) is 2.94. The molecule has 0 aliphatic carbocycles. The van der Waals surface area contributed by atoms with Gasteiger partial charge in [-0.2, -0.15) is 0 Å². The summed E-state index contributed by atoms with van der Waals surface area (Å²) in [6.07, 6.45) is 1.80. The van der Waals surface area contributed by atoms with Crippen LogP contribution in [0.1, 0.15) is 31.7 Å². The molecule has 0 heterocycles. The number of nitrogens with zero attached hydrogens (tertiary/aromatic N) is 1. The summed E-state index contributed by atoms with van der Waals surface area (Å²) in [7, 11) is 0. The minimum Gasteiger partial charge on any atom is -0.393 e. The number of hydrogen-bond acceptors (Lipinski definition) is 2. The minimum absolute atomic E-state index is 0.0723. The Balaban J connectivity index is 2.69. The highest BCUT2D eigenvalue weighted by molar-refractivity contribution is 7.80. The Kier molecular flexibility index (Phi) is 6.42. The van der Waals surface area contributed by atoms with Crippen molar-refractivity contribution in [1.82, 2.24) is 4.90 Å². The lowest BCUT2D eigenvalue weighted by atomic mass is 10.2. The van der Waals surface area contributed by atoms with Crippen LogP contribution in [0.15, 0.2) is 24.3 Å². The molecule has 1 rings (SSSR count). The fourth-order valence-corrected chi connectivity index (χ4v) is 1.81. The van der Waals surface area contributed by atoms with E-state index in [9.17, 15) is 9.18 Å². The average Bonchev–Trinajstić information content (AvgIpc) is 2.36. The largest absolute Gasteiger partial charge is 0.393 e. The highest BCUT2D eigenvalue weighted by Crippen LogP contribution is 2.09. The van der Waals surface area contributed by atoms with Crippen LogP contribution in [0.4, 0.5) is 4.39 Å². The molecular weight excluding hydrogens is 263 g/mol. The average molecular weight is 282 g/mol. The first kappa shape index (κ1) is 15.6. The zero-order valence-electron chi connectivity index (χ0n) is 11.1. The minimum atomic E-state index is -0.279. The molecule has 5 heteroatoms. The van der Waals surface area contributed by atoms with Crippen LogP contribution in [-0.4, -0.2) is 22.3 Å². The number of nitrogens with two attached hydrogens (primary N) is 1. The number of rotatable bonds is 7. The molecule has 0 fully saturated rings. The molecule has 104 valence electrons. The van der Waals surface area contributed by atoms with Gasteiger partial charge in [-0.3, -0.25) is 4.79 Å². The van der Waals surface area contributed by atoms with Gasteiger partial charge in [0.1, 0.15) is 5.82 Å². The van der Waals surface area contributed by atoms with E-state index in [2.05, 4.69) is 0 Å². The Morgan fingerprint density at radius 2 is 1.95 bits per heavy atom. The Morgan fingerprint density at radius 1 is 1.32 bits per heavy atom. The second-order valence-corrected chi connectivity index (χ2v) is 4.93. The maximum Gasteiger partial charge on any atom is 0.222 e. The zero-order chi connectivity index (χ0) is 14.3. The van der Waals surface area contributed by atoms with Gasteiger partial charge in [-0.15, -0.1) is 0 Å². The van der Waals surface area contributed by atoms with Crippen LogP contribution < -0.4 is 5.73 Å². The highest BCUT2D eigenvalue weighted by Gasteiger charge is 2.13. The number of amides is 1. The van der Waals surface area contributed by atoms with E-state index < -0.39 is 0 Å². The summed E-state index contributed by atoms with van der Waals surface area (Å²) in [6, 6.07) is 6.15. The van der Waals surface area contributed by atoms with E-state index >= 15 is 0 Å². The van der Waals surface area contributed by atoms with Crippen molar-refractivity contribution in [2.24, 2.45) is 5.73 Å². The van der Waals surface area contributed by atoms with Crippen LogP contribution in [0.5, 0.6) is 0 Å². The van der Waals surface area contributed by atoms with Gasteiger partial charge in [0.15, 0.2) is 0 Å². The van der Waals surface area contributed by atoms with Crippen LogP contribution in [0.2, 0.25) is 0 Å². The van der Waals surface area contributed by atoms with Crippen molar-refractivity contribution in [1.29, 1.82) is 0 Å². The second-order valence-electron chi connectivity index (χ2n) is 4.41. The third-order valence-electron chi connectivity index (χ3n) is 2.73. The molecule has 2 N–H and O–H groups in total. The molecule has 1 amide bonds. The molecule has 0 spiro atoms. The first-order valence-electron chi connectivity index (χ1n) is 6.33. The standard InChI is InChI=1S/C14H19FN2OS/c1-2-3-14(18)17(9-8-13(16)19)10-11-4-6-12(15)7-5-11/h4-7H,2-3,8-10H2,1H3,(H2,16,19). The van der Waals surface area contributed by atoms with E-state index in [-0.39, 0.29) is 11.7 Å². The normalized spacial score (nSPS) is 10.2. The van der Waals surface area contributed by atoms with Gasteiger partial charge >= 0.3 is 0 Å². The summed E-state index contributed by atoms with van der Waals surface area (Å²) in [5.74, 6) is -0.207. The van der Waals surface area contributed by atoms with Gasteiger partial charge in [0.25, 0.3) is 0 Å². The lowest BCUT2D eigenvalue weighted by Gasteiger charge is -2.22. The topological polar surface area (TPSA) is 46.3 Å². The SMILES string of the molecule is CCCC(=O)N(CCC(N)=S)Cc1ccc(F)cc1. The molecular formula is C14H19FN2OS. The maximum absolute atomic E-state index is 12.8. The van der Waals surface area contributed by atoms with E-state index in [0.29, 0.717) is 30.9 Å². The van der Waals surface area contributed by atoms with Crippen LogP contribution in [-0.2, 0) is 11.3 Å². The summed E-state index contributed by atoms with van der Waals surface area (Å²) in [5.41, 5.74) is 6.37. The van der Waals surface area contributed by atoms with Gasteiger partial charge in [0.05, 0.1) is 4.99 Å². The highest BCUT2D eigenvalue weighted by atomic mass is 32.1. The Hall–Kier alpha value is -1.49. The van der Waals surface area contributed by atoms with Gasteiger partial charge in [0.2, 0.25) is 5.91 Å². The molecule has 0 aromatic heterocycles. The van der Waals surface area contributed by atoms with E-state index in [0.717, 1.165) is 12.0 Å². The maximum atomic E-state index is 12.8. The molecule has 0 unspecified atom stereocenters. The molecule has 1 aromatic rings. The summed E-state index contributed by atoms with van der Waals surface area (Å²) in [5, 5.41) is 0. The van der Waals surface area contributed by atoms with Gasteiger partial charge in [0, 0.05) is 25.9 Å². The van der Waals surface area contributed by atoms with Crippen LogP contribution in [0.25, 0.3) is 0 Å². The van der Waals surface area contributed by atoms with E-state index in [1.165, 1.54) is 12.1 Å². The number of carbonyl (C=O) groups excluding carboxylic acids is 1. The molecule has 0 saturated heterocycles. The summed E-state index contributed by atoms with van der Waals surface area (Å²) < 4.78 is 12.8. The molecule has 19 heavy (non-hydrogen) atoms. The predicted molar refractivity (Wildman–Crippen MR) is 78.1 cm³/mol.